The summed E-state index contributed by atoms with van der Waals surface area (Å²) in [5.41, 5.74) is 1.23. The molecule has 0 spiro atoms. The van der Waals surface area contributed by atoms with E-state index in [1.54, 1.807) is 14.2 Å². The van der Waals surface area contributed by atoms with Crippen molar-refractivity contribution >= 4 is 5.91 Å². The largest absolute Gasteiger partial charge is 0.497 e. The fourth-order valence-corrected chi connectivity index (χ4v) is 5.06. The van der Waals surface area contributed by atoms with Crippen LogP contribution in [0.1, 0.15) is 31.2 Å². The predicted molar refractivity (Wildman–Crippen MR) is 95.8 cm³/mol. The van der Waals surface area contributed by atoms with Crippen LogP contribution in [0.4, 0.5) is 0 Å². The lowest BCUT2D eigenvalue weighted by Crippen LogP contribution is -2.60. The molecule has 2 bridgehead atoms. The van der Waals surface area contributed by atoms with Crippen LogP contribution in [0.2, 0.25) is 0 Å². The smallest absolute Gasteiger partial charge is 0.222 e. The van der Waals surface area contributed by atoms with Gasteiger partial charge >= 0.3 is 0 Å². The van der Waals surface area contributed by atoms with Gasteiger partial charge in [0, 0.05) is 44.7 Å². The predicted octanol–water partition coefficient (Wildman–Crippen LogP) is 2.54. The molecule has 25 heavy (non-hydrogen) atoms. The van der Waals surface area contributed by atoms with Crippen LogP contribution in [0, 0.1) is 11.8 Å². The van der Waals surface area contributed by atoms with E-state index in [9.17, 15) is 4.79 Å². The van der Waals surface area contributed by atoms with Gasteiger partial charge in [-0.25, -0.2) is 0 Å². The van der Waals surface area contributed by atoms with Gasteiger partial charge in [0.15, 0.2) is 0 Å². The maximum Gasteiger partial charge on any atom is 0.222 e. The molecule has 1 amide bonds. The van der Waals surface area contributed by atoms with Crippen LogP contribution >= 0.6 is 0 Å². The number of likely N-dealkylation sites (tertiary alicyclic amines) is 1. The quantitative estimate of drug-likeness (QED) is 0.842. The van der Waals surface area contributed by atoms with Crippen molar-refractivity contribution in [3.05, 3.63) is 23.8 Å². The Balaban J connectivity index is 1.48. The van der Waals surface area contributed by atoms with Gasteiger partial charge in [-0.05, 0) is 48.8 Å². The number of fused-ring (bicyclic) bond motifs is 4. The Morgan fingerprint density at radius 1 is 1.08 bits per heavy atom. The number of hydrogen-bond acceptors (Lipinski definition) is 4. The minimum atomic E-state index is 0.386. The molecule has 0 saturated carbocycles. The number of carbonyl (C=O) groups excluding carboxylic acids is 1. The molecule has 136 valence electrons. The number of ether oxygens (including phenoxy) is 2. The zero-order valence-corrected chi connectivity index (χ0v) is 15.2. The molecule has 5 nitrogen and oxygen atoms in total. The number of carbonyl (C=O) groups is 1. The zero-order valence-electron chi connectivity index (χ0n) is 15.2. The normalized spacial score (nSPS) is 29.3. The molecular formula is C20H28N2O3. The molecular weight excluding hydrogens is 316 g/mol. The minimum Gasteiger partial charge on any atom is -0.497 e. The van der Waals surface area contributed by atoms with Crippen LogP contribution in [-0.4, -0.2) is 55.6 Å². The summed E-state index contributed by atoms with van der Waals surface area (Å²) in [4.78, 5) is 17.0. The molecule has 0 aliphatic carbocycles. The number of nitrogens with zero attached hydrogens (tertiary/aromatic N) is 2. The molecule has 3 heterocycles. The Kier molecular flexibility index (Phi) is 4.59. The monoisotopic (exact) mass is 344 g/mol. The fraction of sp³-hybridized carbons (Fsp3) is 0.650. The van der Waals surface area contributed by atoms with Gasteiger partial charge in [-0.15, -0.1) is 0 Å². The van der Waals surface area contributed by atoms with Gasteiger partial charge in [0.1, 0.15) is 11.5 Å². The van der Waals surface area contributed by atoms with Gasteiger partial charge in [-0.2, -0.15) is 0 Å². The van der Waals surface area contributed by atoms with Crippen molar-refractivity contribution in [1.82, 2.24) is 9.80 Å². The van der Waals surface area contributed by atoms with E-state index in [2.05, 4.69) is 21.9 Å². The van der Waals surface area contributed by atoms with Crippen LogP contribution in [-0.2, 0) is 11.3 Å². The van der Waals surface area contributed by atoms with Crippen molar-refractivity contribution in [3.8, 4) is 11.5 Å². The van der Waals surface area contributed by atoms with Crippen molar-refractivity contribution in [3.63, 3.8) is 0 Å². The van der Waals surface area contributed by atoms with E-state index in [4.69, 9.17) is 9.47 Å². The Labute approximate surface area is 149 Å². The average molecular weight is 344 g/mol. The number of amides is 1. The van der Waals surface area contributed by atoms with Gasteiger partial charge in [0.2, 0.25) is 5.91 Å². The van der Waals surface area contributed by atoms with E-state index >= 15 is 0 Å². The van der Waals surface area contributed by atoms with Crippen molar-refractivity contribution < 1.29 is 14.3 Å². The van der Waals surface area contributed by atoms with Gasteiger partial charge in [-0.3, -0.25) is 9.69 Å². The van der Waals surface area contributed by atoms with Crippen LogP contribution in [0.5, 0.6) is 11.5 Å². The van der Waals surface area contributed by atoms with Gasteiger partial charge in [0.05, 0.1) is 14.2 Å². The molecule has 4 rings (SSSR count). The SMILES string of the molecule is COc1cc(CN2C[C@@H]3C[C@@H](C2)[C@@H]2CCCC(=O)N2C3)cc(OC)c1. The maximum absolute atomic E-state index is 12.3. The first-order valence-corrected chi connectivity index (χ1v) is 9.40. The summed E-state index contributed by atoms with van der Waals surface area (Å²) in [5.74, 6) is 3.32. The fourth-order valence-electron chi connectivity index (χ4n) is 5.06. The minimum absolute atomic E-state index is 0.386. The number of piperidine rings is 3. The lowest BCUT2D eigenvalue weighted by molar-refractivity contribution is -0.145. The highest BCUT2D eigenvalue weighted by molar-refractivity contribution is 5.77. The second-order valence-corrected chi connectivity index (χ2v) is 7.78. The van der Waals surface area contributed by atoms with Crippen LogP contribution < -0.4 is 9.47 Å². The van der Waals surface area contributed by atoms with Crippen LogP contribution in [0.25, 0.3) is 0 Å². The van der Waals surface area contributed by atoms with Crippen LogP contribution in [0.15, 0.2) is 18.2 Å². The summed E-state index contributed by atoms with van der Waals surface area (Å²) < 4.78 is 10.8. The molecule has 3 atom stereocenters. The number of methoxy groups -OCH3 is 2. The summed E-state index contributed by atoms with van der Waals surface area (Å²) in [6, 6.07) is 6.59. The number of hydrogen-bond donors (Lipinski definition) is 0. The molecule has 1 aromatic rings. The molecule has 0 aromatic heterocycles. The topological polar surface area (TPSA) is 42.0 Å². The molecule has 3 aliphatic heterocycles. The van der Waals surface area contributed by atoms with Crippen molar-refractivity contribution in [2.24, 2.45) is 11.8 Å². The summed E-state index contributed by atoms with van der Waals surface area (Å²) in [6.07, 6.45) is 4.29. The van der Waals surface area contributed by atoms with Crippen molar-refractivity contribution in [2.75, 3.05) is 33.9 Å². The van der Waals surface area contributed by atoms with E-state index in [1.165, 1.54) is 18.4 Å². The highest BCUT2D eigenvalue weighted by Crippen LogP contribution is 2.38. The van der Waals surface area contributed by atoms with E-state index in [0.29, 0.717) is 23.8 Å². The lowest BCUT2D eigenvalue weighted by atomic mass is 9.76. The molecule has 0 N–H and O–H groups in total. The Morgan fingerprint density at radius 2 is 1.84 bits per heavy atom. The lowest BCUT2D eigenvalue weighted by Gasteiger charge is -2.52. The van der Waals surface area contributed by atoms with Crippen molar-refractivity contribution in [2.45, 2.75) is 38.3 Å². The summed E-state index contributed by atoms with van der Waals surface area (Å²) >= 11 is 0. The Morgan fingerprint density at radius 3 is 2.56 bits per heavy atom. The third-order valence-corrected chi connectivity index (χ3v) is 6.07. The van der Waals surface area contributed by atoms with Gasteiger partial charge < -0.3 is 14.4 Å². The standard InChI is InChI=1S/C20H28N2O3/c1-24-17-7-14(8-18(9-17)25-2)10-21-11-15-6-16(13-21)19-4-3-5-20(23)22(19)12-15/h7-9,15-16,19H,3-6,10-13H2,1-2H3/t15-,16-,19-/m0/s1. The second-order valence-electron chi connectivity index (χ2n) is 7.78. The summed E-state index contributed by atoms with van der Waals surface area (Å²) in [6.45, 7) is 4.04. The summed E-state index contributed by atoms with van der Waals surface area (Å²) in [5, 5.41) is 0. The first-order chi connectivity index (χ1) is 12.2. The molecule has 3 saturated heterocycles. The third-order valence-electron chi connectivity index (χ3n) is 6.07. The first-order valence-electron chi connectivity index (χ1n) is 9.40. The molecule has 3 aliphatic rings. The summed E-state index contributed by atoms with van der Waals surface area (Å²) in [7, 11) is 3.39. The molecule has 1 aromatic carbocycles. The molecule has 5 heteroatoms. The highest BCUT2D eigenvalue weighted by atomic mass is 16.5. The molecule has 0 radical (unpaired) electrons. The second kappa shape index (κ2) is 6.87. The number of benzene rings is 1. The molecule has 0 unspecified atom stereocenters. The number of rotatable bonds is 4. The third kappa shape index (κ3) is 3.34. The van der Waals surface area contributed by atoms with E-state index in [0.717, 1.165) is 50.5 Å². The van der Waals surface area contributed by atoms with Gasteiger partial charge in [0.25, 0.3) is 0 Å². The van der Waals surface area contributed by atoms with Crippen molar-refractivity contribution in [1.29, 1.82) is 0 Å². The Hall–Kier alpha value is -1.75. The first kappa shape index (κ1) is 16.7. The highest BCUT2D eigenvalue weighted by Gasteiger charge is 2.43. The van der Waals surface area contributed by atoms with E-state index in [-0.39, 0.29) is 0 Å². The van der Waals surface area contributed by atoms with E-state index in [1.807, 2.05) is 6.07 Å². The van der Waals surface area contributed by atoms with E-state index < -0.39 is 0 Å². The maximum atomic E-state index is 12.3. The Bertz CT molecular complexity index is 626. The molecule has 3 fully saturated rings. The van der Waals surface area contributed by atoms with Crippen LogP contribution in [0.3, 0.4) is 0 Å². The van der Waals surface area contributed by atoms with Gasteiger partial charge in [-0.1, -0.05) is 0 Å². The zero-order chi connectivity index (χ0) is 17.4. The average Bonchev–Trinajstić information content (AvgIpc) is 2.62.